The molecule has 1 aromatic carbocycles. The van der Waals surface area contributed by atoms with Crippen molar-refractivity contribution in [2.75, 3.05) is 11.1 Å². The van der Waals surface area contributed by atoms with Crippen molar-refractivity contribution in [3.05, 3.63) is 46.3 Å². The van der Waals surface area contributed by atoms with Gasteiger partial charge in [-0.3, -0.25) is 4.79 Å². The molecule has 0 aliphatic carbocycles. The number of para-hydroxylation sites is 1. The molecule has 0 bridgehead atoms. The zero-order valence-electron chi connectivity index (χ0n) is 10.4. The summed E-state index contributed by atoms with van der Waals surface area (Å²) in [5, 5.41) is 2.54. The molecule has 21 heavy (non-hydrogen) atoms. The fourth-order valence-electron chi connectivity index (χ4n) is 1.80. The number of fused-ring (bicyclic) bond motifs is 1. The summed E-state index contributed by atoms with van der Waals surface area (Å²) in [5.74, 6) is -1.17. The smallest absolute Gasteiger partial charge is 0.268 e. The van der Waals surface area contributed by atoms with E-state index < -0.39 is 11.7 Å². The second kappa shape index (κ2) is 5.27. The van der Waals surface area contributed by atoms with Crippen LogP contribution in [0.25, 0.3) is 10.3 Å². The van der Waals surface area contributed by atoms with Crippen LogP contribution in [-0.4, -0.2) is 15.9 Å². The zero-order valence-corrected chi connectivity index (χ0v) is 12.0. The van der Waals surface area contributed by atoms with Crippen LogP contribution < -0.4 is 11.1 Å². The first-order valence-electron chi connectivity index (χ1n) is 5.82. The third kappa shape index (κ3) is 2.41. The van der Waals surface area contributed by atoms with Crippen molar-refractivity contribution in [1.29, 1.82) is 0 Å². The van der Waals surface area contributed by atoms with Crippen LogP contribution in [0.2, 0.25) is 5.02 Å². The highest BCUT2D eigenvalue weighted by Gasteiger charge is 2.20. The molecule has 106 valence electrons. The Morgan fingerprint density at radius 2 is 2.10 bits per heavy atom. The molecule has 1 amide bonds. The molecule has 5 nitrogen and oxygen atoms in total. The number of hydrogen-bond acceptors (Lipinski definition) is 5. The van der Waals surface area contributed by atoms with Crippen molar-refractivity contribution < 1.29 is 9.18 Å². The average Bonchev–Trinajstić information content (AvgIpc) is 2.81. The number of carbonyl (C=O) groups excluding carboxylic acids is 1. The van der Waals surface area contributed by atoms with E-state index in [9.17, 15) is 9.18 Å². The van der Waals surface area contributed by atoms with Gasteiger partial charge in [-0.25, -0.2) is 14.4 Å². The molecule has 0 fully saturated rings. The van der Waals surface area contributed by atoms with E-state index in [1.54, 1.807) is 0 Å². The highest BCUT2D eigenvalue weighted by molar-refractivity contribution is 7.21. The average molecular weight is 323 g/mol. The number of anilines is 2. The number of rotatable bonds is 2. The van der Waals surface area contributed by atoms with E-state index in [0.29, 0.717) is 10.3 Å². The Kier molecular flexibility index (Phi) is 3.44. The van der Waals surface area contributed by atoms with Gasteiger partial charge in [0.2, 0.25) is 0 Å². The Morgan fingerprint density at radius 3 is 2.81 bits per heavy atom. The second-order valence-electron chi connectivity index (χ2n) is 4.11. The summed E-state index contributed by atoms with van der Waals surface area (Å²) < 4.78 is 13.7. The van der Waals surface area contributed by atoms with Gasteiger partial charge in [0.15, 0.2) is 0 Å². The van der Waals surface area contributed by atoms with Gasteiger partial charge in [0.25, 0.3) is 5.91 Å². The molecule has 0 spiro atoms. The van der Waals surface area contributed by atoms with Gasteiger partial charge in [-0.05, 0) is 12.1 Å². The van der Waals surface area contributed by atoms with E-state index in [2.05, 4.69) is 15.3 Å². The monoisotopic (exact) mass is 322 g/mol. The standard InChI is InChI=1S/C13H8ClFN4OS/c14-6-2-1-3-7(15)9(6)19-12(20)11-8(16)10-13(21-11)18-5-4-17-10/h1-5H,16H2,(H,19,20). The summed E-state index contributed by atoms with van der Waals surface area (Å²) in [7, 11) is 0. The third-order valence-electron chi connectivity index (χ3n) is 2.77. The van der Waals surface area contributed by atoms with Crippen molar-refractivity contribution in [1.82, 2.24) is 9.97 Å². The number of hydrogen-bond donors (Lipinski definition) is 2. The quantitative estimate of drug-likeness (QED) is 0.758. The molecule has 3 aromatic rings. The van der Waals surface area contributed by atoms with E-state index in [4.69, 9.17) is 17.3 Å². The number of aromatic nitrogens is 2. The Labute approximate surface area is 127 Å². The SMILES string of the molecule is Nc1c(C(=O)Nc2c(F)cccc2Cl)sc2nccnc12. The minimum atomic E-state index is -0.619. The zero-order chi connectivity index (χ0) is 15.0. The lowest BCUT2D eigenvalue weighted by atomic mass is 10.3. The minimum Gasteiger partial charge on any atom is -0.396 e. The molecule has 2 aromatic heterocycles. The van der Waals surface area contributed by atoms with E-state index >= 15 is 0 Å². The van der Waals surface area contributed by atoms with E-state index in [-0.39, 0.29) is 21.3 Å². The first kappa shape index (κ1) is 13.7. The summed E-state index contributed by atoms with van der Waals surface area (Å²) in [5.41, 5.74) is 6.48. The highest BCUT2D eigenvalue weighted by atomic mass is 35.5. The van der Waals surface area contributed by atoms with Crippen molar-refractivity contribution in [2.45, 2.75) is 0 Å². The van der Waals surface area contributed by atoms with Crippen LogP contribution in [0.4, 0.5) is 15.8 Å². The van der Waals surface area contributed by atoms with E-state index in [0.717, 1.165) is 11.3 Å². The molecule has 3 N–H and O–H groups in total. The van der Waals surface area contributed by atoms with Crippen LogP contribution in [-0.2, 0) is 0 Å². The minimum absolute atomic E-state index is 0.0815. The molecule has 0 unspecified atom stereocenters. The molecule has 0 saturated heterocycles. The normalized spacial score (nSPS) is 10.8. The van der Waals surface area contributed by atoms with E-state index in [1.807, 2.05) is 0 Å². The fourth-order valence-corrected chi connectivity index (χ4v) is 2.93. The van der Waals surface area contributed by atoms with Crippen molar-refractivity contribution >= 4 is 50.6 Å². The number of amides is 1. The lowest BCUT2D eigenvalue weighted by Crippen LogP contribution is -2.13. The summed E-state index contributed by atoms with van der Waals surface area (Å²) in [6.07, 6.45) is 2.99. The lowest BCUT2D eigenvalue weighted by Gasteiger charge is -2.07. The maximum Gasteiger partial charge on any atom is 0.268 e. The van der Waals surface area contributed by atoms with Crippen LogP contribution in [0.3, 0.4) is 0 Å². The number of benzene rings is 1. The van der Waals surface area contributed by atoms with Crippen LogP contribution in [0.1, 0.15) is 9.67 Å². The van der Waals surface area contributed by atoms with Gasteiger partial charge in [0.1, 0.15) is 21.0 Å². The molecule has 0 radical (unpaired) electrons. The maximum absolute atomic E-state index is 13.7. The Balaban J connectivity index is 2.00. The van der Waals surface area contributed by atoms with E-state index in [1.165, 1.54) is 30.6 Å². The van der Waals surface area contributed by atoms with Crippen molar-refractivity contribution in [3.8, 4) is 0 Å². The summed E-state index contributed by atoms with van der Waals surface area (Å²) in [6.45, 7) is 0. The Hall–Kier alpha value is -2.25. The van der Waals surface area contributed by atoms with Gasteiger partial charge < -0.3 is 11.1 Å². The number of halogens is 2. The molecule has 0 atom stereocenters. The number of nitrogen functional groups attached to an aromatic ring is 1. The van der Waals surface area contributed by atoms with Crippen LogP contribution in [0.5, 0.6) is 0 Å². The van der Waals surface area contributed by atoms with Crippen LogP contribution in [0, 0.1) is 5.82 Å². The Morgan fingerprint density at radius 1 is 1.33 bits per heavy atom. The maximum atomic E-state index is 13.7. The molecule has 8 heteroatoms. The van der Waals surface area contributed by atoms with Crippen molar-refractivity contribution in [3.63, 3.8) is 0 Å². The number of nitrogens with two attached hydrogens (primary N) is 1. The van der Waals surface area contributed by atoms with Crippen LogP contribution in [0.15, 0.2) is 30.6 Å². The first-order valence-corrected chi connectivity index (χ1v) is 7.01. The van der Waals surface area contributed by atoms with Gasteiger partial charge in [-0.15, -0.1) is 11.3 Å². The first-order chi connectivity index (χ1) is 10.1. The van der Waals surface area contributed by atoms with Gasteiger partial charge >= 0.3 is 0 Å². The molecule has 0 aliphatic heterocycles. The van der Waals surface area contributed by atoms with Gasteiger partial charge in [0.05, 0.1) is 16.4 Å². The number of carbonyl (C=O) groups is 1. The summed E-state index contributed by atoms with van der Waals surface area (Å²) >= 11 is 6.96. The lowest BCUT2D eigenvalue weighted by molar-refractivity contribution is 0.103. The number of thiophene rings is 1. The molecule has 0 saturated carbocycles. The highest BCUT2D eigenvalue weighted by Crippen LogP contribution is 2.32. The number of nitrogens with zero attached hydrogens (tertiary/aromatic N) is 2. The topological polar surface area (TPSA) is 80.9 Å². The van der Waals surface area contributed by atoms with Crippen molar-refractivity contribution in [2.24, 2.45) is 0 Å². The largest absolute Gasteiger partial charge is 0.396 e. The molecule has 0 aliphatic rings. The predicted octanol–water partition coefficient (Wildman–Crippen LogP) is 3.32. The Bertz CT molecular complexity index is 831. The fraction of sp³-hybridized carbons (Fsp3) is 0. The van der Waals surface area contributed by atoms with Gasteiger partial charge in [-0.1, -0.05) is 17.7 Å². The predicted molar refractivity (Wildman–Crippen MR) is 81.2 cm³/mol. The van der Waals surface area contributed by atoms with Gasteiger partial charge in [-0.2, -0.15) is 0 Å². The second-order valence-corrected chi connectivity index (χ2v) is 5.51. The third-order valence-corrected chi connectivity index (χ3v) is 4.19. The van der Waals surface area contributed by atoms with Crippen LogP contribution >= 0.6 is 22.9 Å². The molecular weight excluding hydrogens is 315 g/mol. The number of nitrogens with one attached hydrogen (secondary N) is 1. The molecular formula is C13H8ClFN4OS. The summed E-state index contributed by atoms with van der Waals surface area (Å²) in [4.78, 5) is 21.2. The van der Waals surface area contributed by atoms with Gasteiger partial charge in [0, 0.05) is 12.4 Å². The molecule has 3 rings (SSSR count). The summed E-state index contributed by atoms with van der Waals surface area (Å²) in [6, 6.07) is 4.14. The molecule has 2 heterocycles.